The van der Waals surface area contributed by atoms with E-state index in [0.717, 1.165) is 265 Å². The van der Waals surface area contributed by atoms with Gasteiger partial charge in [0.1, 0.15) is 0 Å². The summed E-state index contributed by atoms with van der Waals surface area (Å²) in [5, 5.41) is 14.9. The summed E-state index contributed by atoms with van der Waals surface area (Å²) in [6.07, 6.45) is 7.72. The van der Waals surface area contributed by atoms with Crippen molar-refractivity contribution < 1.29 is 57.2 Å². The van der Waals surface area contributed by atoms with E-state index < -0.39 is 117 Å². The van der Waals surface area contributed by atoms with E-state index in [1.54, 1.807) is 0 Å². The smallest absolute Gasteiger partial charge is 0.326 e. The average Bonchev–Trinajstić information content (AvgIpc) is 1.31. The van der Waals surface area contributed by atoms with Crippen LogP contribution in [0.2, 0.25) is 0 Å². The van der Waals surface area contributed by atoms with Crippen molar-refractivity contribution >= 4 is 111 Å². The highest BCUT2D eigenvalue weighted by Crippen LogP contribution is 3.14. The second kappa shape index (κ2) is 11.7. The van der Waals surface area contributed by atoms with E-state index in [2.05, 4.69) is 48.5 Å². The first kappa shape index (κ1) is 50.8. The Morgan fingerprint density at radius 1 is 0.235 bits per heavy atom. The van der Waals surface area contributed by atoms with E-state index in [1.807, 2.05) is 38.6 Å². The molecule has 27 aliphatic carbocycles. The Morgan fingerprint density at radius 2 is 0.409 bits per heavy atom. The normalized spacial score (nSPS) is 32.9. The molecule has 12 aromatic carbocycles. The minimum Gasteiger partial charge on any atom is -0.468 e. The first-order valence-corrected chi connectivity index (χ1v) is 40.8. The van der Waals surface area contributed by atoms with Crippen molar-refractivity contribution in [3.8, 4) is 112 Å². The minimum atomic E-state index is -2.19. The first-order valence-electron chi connectivity index (χ1n) is 40.8. The molecule has 115 heavy (non-hydrogen) atoms. The zero-order valence-electron chi connectivity index (χ0n) is 60.5. The molecule has 10 unspecified atom stereocenters. The van der Waals surface area contributed by atoms with Crippen molar-refractivity contribution in [3.63, 3.8) is 0 Å². The molecule has 5 fully saturated rings. The maximum Gasteiger partial charge on any atom is 0.326 e. The van der Waals surface area contributed by atoms with Crippen molar-refractivity contribution in [2.24, 2.45) is 16.2 Å². The van der Waals surface area contributed by atoms with E-state index in [4.69, 9.17) is 48.4 Å². The highest BCUT2D eigenvalue weighted by atomic mass is 16.6. The lowest BCUT2D eigenvalue weighted by Gasteiger charge is -2.37. The third-order valence-electron chi connectivity index (χ3n) is 40.3. The highest BCUT2D eigenvalue weighted by Gasteiger charge is 3.14. The van der Waals surface area contributed by atoms with E-state index in [1.165, 1.54) is 83.7 Å². The third kappa shape index (κ3) is 2.59. The molecule has 5 saturated carbocycles. The molecule has 0 amide bonds. The van der Waals surface area contributed by atoms with Gasteiger partial charge in [-0.15, -0.1) is 0 Å². The van der Waals surface area contributed by atoms with E-state index in [9.17, 15) is 0 Å². The van der Waals surface area contributed by atoms with Gasteiger partial charge in [0.25, 0.3) is 0 Å². The maximum absolute atomic E-state index is 18.2. The Morgan fingerprint density at radius 3 is 0.635 bits per heavy atom. The summed E-state index contributed by atoms with van der Waals surface area (Å²) in [6, 6.07) is 18.0. The SMILES string of the molecule is CCOC(=O)C1(C(=O)OCC)C23c4c5c6c7c8c4-c4c2c2c9c%10c4C4%11c%12c%13c%14c%15c(c%12-%10)C%10%12c%16c-%15c%15c%17c%18c%19c%20c%21c%22c%23c(c-5c5c%24c%25c(c-2c(c2c%16c%17c(c%252)c(c%22%18)c%23%24)C9%10C%122c9cccnc9-c9ncccc92)C513)C61C(C(=O)OC)(C(=O)OC)C%211c1c-%20c(c-%13c(c1-7)C84C%111c2cccnc2-c2ncccc21)C%141C(C(=O)OC)(C(=O)OC)C%19%151. The second-order valence-corrected chi connectivity index (χ2v) is 39.0. The number of esters is 6. The summed E-state index contributed by atoms with van der Waals surface area (Å²) in [7, 11) is 5.81. The van der Waals surface area contributed by atoms with Crippen LogP contribution < -0.4 is 0 Å². The minimum absolute atomic E-state index is 0.0158. The molecule has 12 spiro atoms. The fourth-order valence-electron chi connectivity index (χ4n) is 41.5. The van der Waals surface area contributed by atoms with Crippen molar-refractivity contribution in [3.05, 3.63) is 207 Å². The molecular weight excluding hydrogens is 1440 g/mol. The zero-order chi connectivity index (χ0) is 73.4. The summed E-state index contributed by atoms with van der Waals surface area (Å²) in [4.78, 5) is 130. The molecule has 522 valence electrons. The summed E-state index contributed by atoms with van der Waals surface area (Å²) in [6.45, 7) is 3.70. The van der Waals surface area contributed by atoms with E-state index in [-0.39, 0.29) is 13.2 Å². The molecule has 0 radical (unpaired) electrons. The first-order chi connectivity index (χ1) is 56.5. The van der Waals surface area contributed by atoms with Gasteiger partial charge in [0.2, 0.25) is 0 Å². The number of nitrogens with zero attached hydrogens (tertiary/aromatic N) is 4. The van der Waals surface area contributed by atoms with E-state index in [0.29, 0.717) is 0 Å². The quantitative estimate of drug-likeness (QED) is 0.0599. The molecule has 0 bridgehead atoms. The molecule has 43 rings (SSSR count). The number of fused-ring (bicyclic) bond motifs is 10. The van der Waals surface area contributed by atoms with Gasteiger partial charge in [-0.05, 0) is 336 Å². The number of rotatable bonds is 8. The maximum atomic E-state index is 18.2. The highest BCUT2D eigenvalue weighted by molar-refractivity contribution is 6.62. The predicted molar refractivity (Wildman–Crippen MR) is 404 cm³/mol. The zero-order valence-corrected chi connectivity index (χ0v) is 60.5. The van der Waals surface area contributed by atoms with Crippen LogP contribution in [0, 0.1) is 16.2 Å². The summed E-state index contributed by atoms with van der Waals surface area (Å²) < 4.78 is 40.9. The molecule has 0 N–H and O–H groups in total. The van der Waals surface area contributed by atoms with Crippen molar-refractivity contribution in [1.82, 2.24) is 19.9 Å². The summed E-state index contributed by atoms with van der Waals surface area (Å²) in [5.74, 6) is -3.92. The number of hydrogen-bond acceptors (Lipinski definition) is 16. The third-order valence-corrected chi connectivity index (χ3v) is 40.3. The summed E-state index contributed by atoms with van der Waals surface area (Å²) >= 11 is 0. The van der Waals surface area contributed by atoms with Gasteiger partial charge in [-0.25, -0.2) is 0 Å². The predicted octanol–water partition coefficient (Wildman–Crippen LogP) is 12.5. The Bertz CT molecular complexity index is 9060. The molecule has 0 aliphatic heterocycles. The van der Waals surface area contributed by atoms with Gasteiger partial charge in [0.15, 0.2) is 16.2 Å². The van der Waals surface area contributed by atoms with Gasteiger partial charge in [0, 0.05) is 24.8 Å². The lowest BCUT2D eigenvalue weighted by Crippen LogP contribution is -2.39. The Labute approximate surface area is 640 Å². The van der Waals surface area contributed by atoms with Crippen molar-refractivity contribution in [2.75, 3.05) is 41.7 Å². The number of hydrogen-bond donors (Lipinski definition) is 0. The lowest BCUT2D eigenvalue weighted by atomic mass is 9.63. The van der Waals surface area contributed by atoms with Gasteiger partial charge in [-0.1, -0.05) is 24.3 Å². The average molecular weight is 1470 g/mol. The van der Waals surface area contributed by atoms with Crippen LogP contribution in [-0.2, 0) is 122 Å². The number of benzene rings is 10. The van der Waals surface area contributed by atoms with Crippen molar-refractivity contribution in [1.29, 1.82) is 0 Å². The number of methoxy groups -OCH3 is 4. The molecule has 16 nitrogen and oxygen atoms in total. The Balaban J connectivity index is 0.906. The van der Waals surface area contributed by atoms with Gasteiger partial charge >= 0.3 is 35.8 Å². The van der Waals surface area contributed by atoms with Gasteiger partial charge in [0.05, 0.1) is 129 Å². The lowest BCUT2D eigenvalue weighted by molar-refractivity contribution is -0.167. The van der Waals surface area contributed by atoms with Crippen LogP contribution in [0.4, 0.5) is 0 Å². The molecule has 4 heterocycles. The molecule has 27 aliphatic rings. The fourth-order valence-corrected chi connectivity index (χ4v) is 41.5. The van der Waals surface area contributed by atoms with Crippen LogP contribution in [0.15, 0.2) is 73.3 Å². The van der Waals surface area contributed by atoms with Gasteiger partial charge in [-0.2, -0.15) is 0 Å². The van der Waals surface area contributed by atoms with Crippen molar-refractivity contribution in [2.45, 2.75) is 78.8 Å². The Kier molecular flexibility index (Phi) is 5.19. The van der Waals surface area contributed by atoms with Crippen LogP contribution in [-0.4, -0.2) is 97.4 Å². The monoisotopic (exact) mass is 1470 g/mol. The fraction of sp³-hybridized carbons (Fsp3) is 0.232. The molecular formula is C99H34N4O12. The summed E-state index contributed by atoms with van der Waals surface area (Å²) in [5.41, 5.74) is 22.1. The topological polar surface area (TPSA) is 209 Å². The van der Waals surface area contributed by atoms with Crippen LogP contribution in [0.5, 0.6) is 0 Å². The second-order valence-electron chi connectivity index (χ2n) is 39.0. The van der Waals surface area contributed by atoms with Gasteiger partial charge < -0.3 is 28.4 Å². The molecule has 16 heteroatoms. The molecule has 0 saturated heterocycles. The van der Waals surface area contributed by atoms with Crippen LogP contribution in [0.25, 0.3) is 187 Å². The number of carbonyl (C=O) groups is 6. The standard InChI is InChI=1S/C99H34N4O12/c1-7-114-83(108)99(84(109)115-8-2)92-59-35-28-25-26-29-34-33-27(25)31-32(28)56-40(59)44-64-48-47-63-43-39(55(31)87(63)85(88(56,64)87)21-13-9-17-100-75(21)76-22(85)14-10-18-101-76)57(33)91-58(34)41-45-69-49-50-68-54-53(73(44)96(92,99)74(54)46-42-60(92)36(35)30(26)38-37(29)61(41)93(69)94(62(38)42,70(46)50)98(93,81(106)112-5)82(107)113-6)66(48)89-65(47)51-52(72(45)95(91,71(43)51)97(91,79(104)110-3)80(105)111-4)67(49)90(68,89)86(89)23-15-11-19-102-77(23)78-24(86)16-12-20-103-78/h9-20H,7-8H2,1-6H3. The number of aromatic nitrogens is 4. The van der Waals surface area contributed by atoms with E-state index >= 15 is 28.8 Å². The van der Waals surface area contributed by atoms with Crippen LogP contribution in [0.1, 0.15) is 147 Å². The van der Waals surface area contributed by atoms with Gasteiger partial charge in [-0.3, -0.25) is 48.7 Å². The largest absolute Gasteiger partial charge is 0.468 e. The van der Waals surface area contributed by atoms with Crippen LogP contribution >= 0.6 is 0 Å². The number of pyridine rings is 4. The molecule has 4 aromatic heterocycles. The molecule has 10 atom stereocenters. The number of carbonyl (C=O) groups excluding carboxylic acids is 6. The van der Waals surface area contributed by atoms with Crippen LogP contribution in [0.3, 0.4) is 0 Å². The molecule has 16 aromatic rings. The Hall–Kier alpha value is -13.1. The number of ether oxygens (including phenoxy) is 6.